The van der Waals surface area contributed by atoms with Crippen molar-refractivity contribution in [2.75, 3.05) is 36.3 Å². The zero-order valence-electron chi connectivity index (χ0n) is 25.9. The maximum Gasteiger partial charge on any atom is 0.228 e. The topological polar surface area (TPSA) is 115 Å². The van der Waals surface area contributed by atoms with Crippen LogP contribution in [0.4, 0.5) is 11.5 Å². The van der Waals surface area contributed by atoms with Crippen LogP contribution < -0.4 is 10.2 Å². The minimum atomic E-state index is -3.23. The second-order valence-corrected chi connectivity index (χ2v) is 7.49. The Kier molecular flexibility index (Phi) is 2.95. The normalized spacial score (nSPS) is 26.4. The Balaban J connectivity index is 1.47. The first kappa shape index (κ1) is 12.4. The van der Waals surface area contributed by atoms with Crippen LogP contribution >= 0.6 is 0 Å². The fourth-order valence-corrected chi connectivity index (χ4v) is 3.47. The van der Waals surface area contributed by atoms with Crippen LogP contribution in [0.5, 0.6) is 0 Å². The molecule has 2 aliphatic rings. The summed E-state index contributed by atoms with van der Waals surface area (Å²) < 4.78 is 78.3. The van der Waals surface area contributed by atoms with Gasteiger partial charge in [-0.2, -0.15) is 0 Å². The van der Waals surface area contributed by atoms with Crippen molar-refractivity contribution in [2.24, 2.45) is 5.92 Å². The van der Waals surface area contributed by atoms with Crippen molar-refractivity contribution in [3.63, 3.8) is 0 Å². The summed E-state index contributed by atoms with van der Waals surface area (Å²) in [6, 6.07) is 4.12. The van der Waals surface area contributed by atoms with E-state index < -0.39 is 32.4 Å². The van der Waals surface area contributed by atoms with Gasteiger partial charge in [-0.25, -0.2) is 14.5 Å². The Morgan fingerprint density at radius 3 is 2.85 bits per heavy atom. The number of carbonyl (C=O) groups excluding carboxylic acids is 2. The van der Waals surface area contributed by atoms with E-state index in [9.17, 15) is 9.59 Å². The van der Waals surface area contributed by atoms with Gasteiger partial charge in [0.25, 0.3) is 0 Å². The van der Waals surface area contributed by atoms with E-state index >= 15 is 0 Å². The van der Waals surface area contributed by atoms with Gasteiger partial charge in [0.05, 0.1) is 36.0 Å². The molecule has 10 heteroatoms. The van der Waals surface area contributed by atoms with Crippen molar-refractivity contribution >= 4 is 40.1 Å². The highest BCUT2D eigenvalue weighted by Crippen LogP contribution is 2.32. The smallest absolute Gasteiger partial charge is 0.228 e. The van der Waals surface area contributed by atoms with Crippen LogP contribution in [0.15, 0.2) is 36.8 Å². The first-order chi connectivity index (χ1) is 19.5. The third-order valence-corrected chi connectivity index (χ3v) is 5.30. The number of rotatable bonds is 5. The molecule has 33 heavy (non-hydrogen) atoms. The highest BCUT2D eigenvalue weighted by atomic mass is 16.5. The molecule has 5 heterocycles. The summed E-state index contributed by atoms with van der Waals surface area (Å²) in [6.45, 7) is -12.8. The van der Waals surface area contributed by atoms with Gasteiger partial charge in [-0.1, -0.05) is 0 Å². The van der Waals surface area contributed by atoms with Crippen LogP contribution in [0, 0.1) is 5.92 Å². The van der Waals surface area contributed by atoms with E-state index in [2.05, 4.69) is 30.1 Å². The number of aldehydes is 1. The lowest BCUT2D eigenvalue weighted by atomic mass is 10.1. The van der Waals surface area contributed by atoms with E-state index in [1.54, 1.807) is 0 Å². The van der Waals surface area contributed by atoms with Gasteiger partial charge in [-0.3, -0.25) is 14.6 Å². The predicted octanol–water partition coefficient (Wildman–Crippen LogP) is 2.34. The van der Waals surface area contributed by atoms with Gasteiger partial charge in [0.15, 0.2) is 17.7 Å². The van der Waals surface area contributed by atoms with E-state index in [4.69, 9.17) is 12.3 Å². The molecule has 2 fully saturated rings. The van der Waals surface area contributed by atoms with Gasteiger partial charge in [0.1, 0.15) is 12.9 Å². The number of amides is 1. The maximum absolute atomic E-state index is 12.3. The lowest BCUT2D eigenvalue weighted by molar-refractivity contribution is -0.117. The van der Waals surface area contributed by atoms with Crippen LogP contribution in [-0.2, 0) is 9.53 Å². The largest absolute Gasteiger partial charge is 0.378 e. The second kappa shape index (κ2) is 7.89. The number of carbonyl (C=O) groups is 2. The van der Waals surface area contributed by atoms with Crippen LogP contribution in [0.1, 0.15) is 35.7 Å². The quantitative estimate of drug-likeness (QED) is 0.459. The number of nitrogens with one attached hydrogen (secondary N) is 1. The Bertz CT molecular complexity index is 1770. The molecule has 1 N–H and O–H groups in total. The third-order valence-electron chi connectivity index (χ3n) is 5.30. The molecule has 1 aliphatic carbocycles. The summed E-state index contributed by atoms with van der Waals surface area (Å²) in [4.78, 5) is 37.3. The fourth-order valence-electron chi connectivity index (χ4n) is 3.47. The summed E-state index contributed by atoms with van der Waals surface area (Å²) >= 11 is 0. The molecule has 1 saturated carbocycles. The summed E-state index contributed by atoms with van der Waals surface area (Å²) in [6.07, 6.45) is 4.27. The minimum Gasteiger partial charge on any atom is -0.378 e. The van der Waals surface area contributed by atoms with Gasteiger partial charge < -0.3 is 15.0 Å². The lowest BCUT2D eigenvalue weighted by Gasteiger charge is -2.28. The van der Waals surface area contributed by atoms with E-state index in [1.165, 1.54) is 41.3 Å². The molecule has 1 amide bonds. The molecule has 1 aliphatic heterocycles. The van der Waals surface area contributed by atoms with Crippen molar-refractivity contribution in [3.05, 3.63) is 42.5 Å². The van der Waals surface area contributed by atoms with Gasteiger partial charge >= 0.3 is 0 Å². The van der Waals surface area contributed by atoms with Gasteiger partial charge in [0.2, 0.25) is 5.91 Å². The third kappa shape index (κ3) is 3.68. The standard InChI is InChI=1S/C23H21N7O3/c31-13-19-17-10-25-20(26-23(32)14-1-2-14)9-16(17)18(11-24-19)22-27-21-4-3-15(12-30(21)28-22)29-5-7-33-8-6-29/h3-4,9-14H,1-2,5-8H2,(H,25,26,32)/i5D2,6D2,7D2,8D2,13D. The molecule has 10 nitrogen and oxygen atoms in total. The molecule has 1 saturated heterocycles. The van der Waals surface area contributed by atoms with Crippen LogP contribution in [-0.4, -0.2) is 62.8 Å². The van der Waals surface area contributed by atoms with E-state index in [-0.39, 0.29) is 45.9 Å². The average molecular weight is 453 g/mol. The lowest BCUT2D eigenvalue weighted by Crippen LogP contribution is -2.36. The molecule has 0 spiro atoms. The Morgan fingerprint density at radius 2 is 2.06 bits per heavy atom. The average Bonchev–Trinajstić information content (AvgIpc) is 3.65. The van der Waals surface area contributed by atoms with Crippen LogP contribution in [0.3, 0.4) is 0 Å². The Labute approximate surface area is 201 Å². The number of anilines is 2. The van der Waals surface area contributed by atoms with Crippen LogP contribution in [0.25, 0.3) is 27.8 Å². The SMILES string of the molecule is [2H]C(=O)c1ncc(-c2nc3ccc(N4C([2H])([2H])C([2H])([2H])OC([2H])([2H])C4([2H])[2H])cn3n2)c2cc(NC(=O)C3CC3)ncc12. The van der Waals surface area contributed by atoms with Gasteiger partial charge in [0, 0.05) is 47.6 Å². The molecular weight excluding hydrogens is 422 g/mol. The highest BCUT2D eigenvalue weighted by Gasteiger charge is 2.30. The number of hydrogen-bond donors (Lipinski definition) is 1. The monoisotopic (exact) mass is 452 g/mol. The summed E-state index contributed by atoms with van der Waals surface area (Å²) in [5, 5.41) is 7.70. The van der Waals surface area contributed by atoms with Crippen molar-refractivity contribution in [3.8, 4) is 11.4 Å². The number of hydrogen-bond acceptors (Lipinski definition) is 8. The Hall–Kier alpha value is -3.92. The zero-order valence-corrected chi connectivity index (χ0v) is 16.9. The molecule has 0 unspecified atom stereocenters. The second-order valence-electron chi connectivity index (χ2n) is 7.49. The molecular formula is C23H21N7O3. The van der Waals surface area contributed by atoms with Crippen molar-refractivity contribution in [2.45, 2.75) is 12.8 Å². The summed E-state index contributed by atoms with van der Waals surface area (Å²) in [7, 11) is 0. The molecule has 0 atom stereocenters. The number of nitrogens with zero attached hydrogens (tertiary/aromatic N) is 6. The molecule has 166 valence electrons. The van der Waals surface area contributed by atoms with E-state index in [0.29, 0.717) is 15.8 Å². The number of aromatic nitrogens is 5. The molecule has 0 radical (unpaired) electrons. The Morgan fingerprint density at radius 1 is 1.21 bits per heavy atom. The zero-order chi connectivity index (χ0) is 30.4. The molecule has 4 aromatic rings. The maximum atomic E-state index is 12.3. The van der Waals surface area contributed by atoms with Gasteiger partial charge in [-0.05, 0) is 31.0 Å². The first-order valence-electron chi connectivity index (χ1n) is 14.5. The summed E-state index contributed by atoms with van der Waals surface area (Å²) in [5.41, 5.74) is 0.0821. The van der Waals surface area contributed by atoms with Crippen molar-refractivity contribution in [1.82, 2.24) is 24.6 Å². The fraction of sp³-hybridized carbons (Fsp3) is 0.304. The molecule has 0 bridgehead atoms. The highest BCUT2D eigenvalue weighted by molar-refractivity contribution is 6.04. The van der Waals surface area contributed by atoms with Crippen LogP contribution in [0.2, 0.25) is 0 Å². The molecule has 0 aromatic carbocycles. The molecule has 4 aromatic heterocycles. The van der Waals surface area contributed by atoms with Crippen molar-refractivity contribution < 1.29 is 26.7 Å². The number of morpholine rings is 1. The van der Waals surface area contributed by atoms with Crippen molar-refractivity contribution in [1.29, 1.82) is 0 Å². The number of ether oxygens (including phenoxy) is 1. The van der Waals surface area contributed by atoms with E-state index in [0.717, 1.165) is 12.8 Å². The predicted molar refractivity (Wildman–Crippen MR) is 121 cm³/mol. The summed E-state index contributed by atoms with van der Waals surface area (Å²) in [5.74, 6) is -0.00257. The van der Waals surface area contributed by atoms with Gasteiger partial charge in [-0.15, -0.1) is 5.10 Å². The number of fused-ring (bicyclic) bond motifs is 2. The molecule has 6 rings (SSSR count). The first-order valence-corrected chi connectivity index (χ1v) is 10.0. The minimum absolute atomic E-state index is 0.0676. The number of pyridine rings is 3. The van der Waals surface area contributed by atoms with E-state index in [1.807, 2.05) is 0 Å².